The van der Waals surface area contributed by atoms with Crippen LogP contribution in [0.25, 0.3) is 0 Å². The van der Waals surface area contributed by atoms with Gasteiger partial charge in [-0.3, -0.25) is 4.98 Å². The van der Waals surface area contributed by atoms with Gasteiger partial charge in [-0.05, 0) is 32.6 Å². The summed E-state index contributed by atoms with van der Waals surface area (Å²) in [6.45, 7) is 6.12. The van der Waals surface area contributed by atoms with Crippen LogP contribution < -0.4 is 4.90 Å². The normalized spacial score (nSPS) is 16.4. The van der Waals surface area contributed by atoms with Crippen molar-refractivity contribution in [2.45, 2.75) is 33.1 Å². The molecular formula is C15H22N6. The quantitative estimate of drug-likeness (QED) is 0.859. The van der Waals surface area contributed by atoms with Gasteiger partial charge in [0.25, 0.3) is 0 Å². The van der Waals surface area contributed by atoms with Gasteiger partial charge in [0, 0.05) is 32.8 Å². The number of aromatic nitrogens is 5. The van der Waals surface area contributed by atoms with Gasteiger partial charge in [0.1, 0.15) is 18.0 Å². The average Bonchev–Trinajstić information content (AvgIpc) is 2.88. The molecule has 0 aliphatic carbocycles. The molecule has 6 nitrogen and oxygen atoms in total. The van der Waals surface area contributed by atoms with E-state index < -0.39 is 0 Å². The summed E-state index contributed by atoms with van der Waals surface area (Å²) < 4.78 is 2.02. The van der Waals surface area contributed by atoms with Crippen molar-refractivity contribution >= 4 is 5.82 Å². The first-order chi connectivity index (χ1) is 10.1. The van der Waals surface area contributed by atoms with Crippen molar-refractivity contribution in [1.29, 1.82) is 0 Å². The van der Waals surface area contributed by atoms with E-state index in [0.29, 0.717) is 5.92 Å². The average molecular weight is 286 g/mol. The number of anilines is 1. The molecular weight excluding hydrogens is 264 g/mol. The Morgan fingerprint density at radius 1 is 1.24 bits per heavy atom. The van der Waals surface area contributed by atoms with E-state index in [1.54, 1.807) is 6.33 Å². The molecule has 6 heteroatoms. The Labute approximate surface area is 125 Å². The summed E-state index contributed by atoms with van der Waals surface area (Å²) >= 11 is 0. The highest BCUT2D eigenvalue weighted by Gasteiger charge is 2.23. The van der Waals surface area contributed by atoms with Crippen LogP contribution in [0.5, 0.6) is 0 Å². The van der Waals surface area contributed by atoms with Gasteiger partial charge in [-0.2, -0.15) is 0 Å². The van der Waals surface area contributed by atoms with E-state index in [1.165, 1.54) is 12.8 Å². The second-order valence-electron chi connectivity index (χ2n) is 5.91. The van der Waals surface area contributed by atoms with Crippen LogP contribution in [0.1, 0.15) is 30.1 Å². The third kappa shape index (κ3) is 3.04. The maximum atomic E-state index is 4.65. The molecule has 1 saturated heterocycles. The number of aryl methyl sites for hydroxylation is 3. The molecule has 2 aromatic heterocycles. The zero-order chi connectivity index (χ0) is 14.8. The van der Waals surface area contributed by atoms with Crippen LogP contribution in [0.4, 0.5) is 5.82 Å². The summed E-state index contributed by atoms with van der Waals surface area (Å²) in [4.78, 5) is 11.4. The summed E-state index contributed by atoms with van der Waals surface area (Å²) in [5, 5.41) is 8.15. The van der Waals surface area contributed by atoms with Gasteiger partial charge >= 0.3 is 0 Å². The Bertz CT molecular complexity index is 612. The number of hydrogen-bond acceptors (Lipinski definition) is 5. The SMILES string of the molecule is Cc1cnc(C)c(N2CCC(Cc3nncn3C)CC2)n1. The van der Waals surface area contributed by atoms with Crippen LogP contribution in [-0.2, 0) is 13.5 Å². The van der Waals surface area contributed by atoms with Crippen LogP contribution >= 0.6 is 0 Å². The van der Waals surface area contributed by atoms with Gasteiger partial charge in [-0.25, -0.2) is 4.98 Å². The molecule has 0 aromatic carbocycles. The fraction of sp³-hybridized carbons (Fsp3) is 0.600. The van der Waals surface area contributed by atoms with Crippen LogP contribution in [-0.4, -0.2) is 37.8 Å². The van der Waals surface area contributed by atoms with Gasteiger partial charge in [0.2, 0.25) is 0 Å². The van der Waals surface area contributed by atoms with Crippen LogP contribution in [0.15, 0.2) is 12.5 Å². The van der Waals surface area contributed by atoms with E-state index in [-0.39, 0.29) is 0 Å². The van der Waals surface area contributed by atoms with Gasteiger partial charge in [0.15, 0.2) is 0 Å². The Balaban J connectivity index is 1.62. The fourth-order valence-corrected chi connectivity index (χ4v) is 2.92. The van der Waals surface area contributed by atoms with Crippen molar-refractivity contribution in [3.05, 3.63) is 29.7 Å². The molecule has 1 aliphatic rings. The molecule has 1 fully saturated rings. The molecule has 0 radical (unpaired) electrons. The molecule has 21 heavy (non-hydrogen) atoms. The zero-order valence-corrected chi connectivity index (χ0v) is 13.0. The largest absolute Gasteiger partial charge is 0.355 e. The van der Waals surface area contributed by atoms with Crippen LogP contribution in [0.3, 0.4) is 0 Å². The third-order valence-electron chi connectivity index (χ3n) is 4.24. The van der Waals surface area contributed by atoms with Crippen molar-refractivity contribution in [2.75, 3.05) is 18.0 Å². The topological polar surface area (TPSA) is 59.7 Å². The summed E-state index contributed by atoms with van der Waals surface area (Å²) in [5.41, 5.74) is 2.00. The van der Waals surface area contributed by atoms with E-state index in [1.807, 2.05) is 31.7 Å². The number of hydrogen-bond donors (Lipinski definition) is 0. The minimum Gasteiger partial charge on any atom is -0.355 e. The predicted molar refractivity (Wildman–Crippen MR) is 81.2 cm³/mol. The van der Waals surface area contributed by atoms with Gasteiger partial charge in [-0.15, -0.1) is 10.2 Å². The Hall–Kier alpha value is -1.98. The van der Waals surface area contributed by atoms with Gasteiger partial charge in [-0.1, -0.05) is 0 Å². The zero-order valence-electron chi connectivity index (χ0n) is 13.0. The van der Waals surface area contributed by atoms with Crippen molar-refractivity contribution < 1.29 is 0 Å². The van der Waals surface area contributed by atoms with Crippen molar-refractivity contribution in [3.8, 4) is 0 Å². The van der Waals surface area contributed by atoms with Crippen molar-refractivity contribution in [3.63, 3.8) is 0 Å². The number of rotatable bonds is 3. The second kappa shape index (κ2) is 5.79. The molecule has 0 N–H and O–H groups in total. The summed E-state index contributed by atoms with van der Waals surface area (Å²) in [7, 11) is 2.01. The molecule has 2 aromatic rings. The smallest absolute Gasteiger partial charge is 0.150 e. The molecule has 0 atom stereocenters. The minimum atomic E-state index is 0.683. The highest BCUT2D eigenvalue weighted by molar-refractivity contribution is 5.43. The lowest BCUT2D eigenvalue weighted by Gasteiger charge is -2.33. The van der Waals surface area contributed by atoms with E-state index >= 15 is 0 Å². The van der Waals surface area contributed by atoms with Gasteiger partial charge in [0.05, 0.1) is 11.4 Å². The Morgan fingerprint density at radius 2 is 2.00 bits per heavy atom. The molecule has 0 spiro atoms. The first-order valence-corrected chi connectivity index (χ1v) is 7.51. The number of piperidine rings is 1. The maximum Gasteiger partial charge on any atom is 0.150 e. The molecule has 112 valence electrons. The molecule has 0 saturated carbocycles. The molecule has 3 rings (SSSR count). The molecule has 0 amide bonds. The van der Waals surface area contributed by atoms with Crippen LogP contribution in [0.2, 0.25) is 0 Å². The van der Waals surface area contributed by atoms with Crippen molar-refractivity contribution in [2.24, 2.45) is 13.0 Å². The van der Waals surface area contributed by atoms with Crippen LogP contribution in [0, 0.1) is 19.8 Å². The maximum absolute atomic E-state index is 4.65. The molecule has 0 bridgehead atoms. The lowest BCUT2D eigenvalue weighted by atomic mass is 9.93. The summed E-state index contributed by atoms with van der Waals surface area (Å²) in [5.74, 6) is 2.81. The fourth-order valence-electron chi connectivity index (χ4n) is 2.92. The molecule has 0 unspecified atom stereocenters. The highest BCUT2D eigenvalue weighted by Crippen LogP contribution is 2.25. The molecule has 1 aliphatic heterocycles. The lowest BCUT2D eigenvalue weighted by molar-refractivity contribution is 0.391. The Morgan fingerprint density at radius 3 is 2.67 bits per heavy atom. The summed E-state index contributed by atoms with van der Waals surface area (Å²) in [6, 6.07) is 0. The second-order valence-corrected chi connectivity index (χ2v) is 5.91. The number of nitrogens with zero attached hydrogens (tertiary/aromatic N) is 6. The van der Waals surface area contributed by atoms with Gasteiger partial charge < -0.3 is 9.47 Å². The monoisotopic (exact) mass is 286 g/mol. The molecule has 3 heterocycles. The van der Waals surface area contributed by atoms with E-state index in [2.05, 4.69) is 25.1 Å². The first-order valence-electron chi connectivity index (χ1n) is 7.51. The minimum absolute atomic E-state index is 0.683. The Kier molecular flexibility index (Phi) is 3.86. The first kappa shape index (κ1) is 14.0. The third-order valence-corrected chi connectivity index (χ3v) is 4.24. The lowest BCUT2D eigenvalue weighted by Crippen LogP contribution is -2.35. The van der Waals surface area contributed by atoms with E-state index in [4.69, 9.17) is 0 Å². The standard InChI is InChI=1S/C15H22N6/c1-11-9-16-12(2)15(18-11)21-6-4-13(5-7-21)8-14-19-17-10-20(14)3/h9-10,13H,4-8H2,1-3H3. The summed E-state index contributed by atoms with van der Waals surface area (Å²) in [6.07, 6.45) is 6.96. The highest BCUT2D eigenvalue weighted by atomic mass is 15.2. The van der Waals surface area contributed by atoms with E-state index in [0.717, 1.165) is 42.5 Å². The van der Waals surface area contributed by atoms with E-state index in [9.17, 15) is 0 Å². The predicted octanol–water partition coefficient (Wildman–Crippen LogP) is 1.68. The van der Waals surface area contributed by atoms with Crippen molar-refractivity contribution in [1.82, 2.24) is 24.7 Å².